The Hall–Kier alpha value is -3.62. The van der Waals surface area contributed by atoms with Gasteiger partial charge in [0, 0.05) is 43.5 Å². The number of aromatic nitrogens is 2. The molecular formula is C21H21FN4O4. The summed E-state index contributed by atoms with van der Waals surface area (Å²) in [6.45, 7) is 2.21. The van der Waals surface area contributed by atoms with Crippen LogP contribution in [-0.2, 0) is 11.3 Å². The molecule has 0 atom stereocenters. The van der Waals surface area contributed by atoms with Crippen molar-refractivity contribution in [3.05, 3.63) is 64.9 Å². The van der Waals surface area contributed by atoms with E-state index in [2.05, 4.69) is 10.00 Å². The summed E-state index contributed by atoms with van der Waals surface area (Å²) in [5.41, 5.74) is 1.50. The average molecular weight is 412 g/mol. The molecule has 0 unspecified atom stereocenters. The highest BCUT2D eigenvalue weighted by molar-refractivity contribution is 5.76. The first-order valence-corrected chi connectivity index (χ1v) is 9.54. The molecule has 2 aromatic carbocycles. The Kier molecular flexibility index (Phi) is 5.51. The van der Waals surface area contributed by atoms with E-state index >= 15 is 0 Å². The van der Waals surface area contributed by atoms with Crippen LogP contribution in [0.25, 0.3) is 11.5 Å². The highest BCUT2D eigenvalue weighted by Gasteiger charge is 2.23. The van der Waals surface area contributed by atoms with Gasteiger partial charge >= 0.3 is 5.76 Å². The maximum atomic E-state index is 13.1. The molecule has 1 amide bonds. The van der Waals surface area contributed by atoms with Crippen LogP contribution in [0.2, 0.25) is 0 Å². The maximum Gasteiger partial charge on any atom is 0.437 e. The van der Waals surface area contributed by atoms with Crippen LogP contribution in [0.15, 0.2) is 57.7 Å². The fraction of sp³-hybridized carbons (Fsp3) is 0.286. The quantitative estimate of drug-likeness (QED) is 0.638. The number of hydrogen-bond donors (Lipinski definition) is 0. The van der Waals surface area contributed by atoms with Crippen molar-refractivity contribution in [2.24, 2.45) is 0 Å². The largest absolute Gasteiger partial charge is 0.497 e. The molecular weight excluding hydrogens is 391 g/mol. The summed E-state index contributed by atoms with van der Waals surface area (Å²) < 4.78 is 24.4. The molecule has 4 rings (SSSR count). The molecule has 1 aliphatic heterocycles. The van der Waals surface area contributed by atoms with E-state index in [4.69, 9.17) is 9.15 Å². The number of piperazine rings is 1. The van der Waals surface area contributed by atoms with Crippen LogP contribution in [0.5, 0.6) is 5.75 Å². The van der Waals surface area contributed by atoms with Gasteiger partial charge in [0.25, 0.3) is 0 Å². The van der Waals surface area contributed by atoms with Gasteiger partial charge in [0.15, 0.2) is 0 Å². The fourth-order valence-electron chi connectivity index (χ4n) is 3.36. The van der Waals surface area contributed by atoms with Crippen molar-refractivity contribution in [2.45, 2.75) is 6.54 Å². The van der Waals surface area contributed by atoms with Crippen LogP contribution in [0.1, 0.15) is 0 Å². The summed E-state index contributed by atoms with van der Waals surface area (Å²) in [5, 5.41) is 4.07. The van der Waals surface area contributed by atoms with Crippen LogP contribution >= 0.6 is 0 Å². The standard InChI is InChI=1S/C21H21FN4O4/c1-29-18-4-2-3-17(13-18)24-9-11-25(12-10-24)19(27)14-26-21(28)30-20(23-26)15-5-7-16(22)8-6-15/h2-8,13H,9-12,14H2,1H3. The fourth-order valence-corrected chi connectivity index (χ4v) is 3.36. The van der Waals surface area contributed by atoms with E-state index in [0.717, 1.165) is 16.1 Å². The molecule has 30 heavy (non-hydrogen) atoms. The van der Waals surface area contributed by atoms with Gasteiger partial charge in [0.05, 0.1) is 7.11 Å². The number of halogens is 1. The molecule has 0 saturated carbocycles. The molecule has 8 nitrogen and oxygen atoms in total. The SMILES string of the molecule is COc1cccc(N2CCN(C(=O)Cn3nc(-c4ccc(F)cc4)oc3=O)CC2)c1. The highest BCUT2D eigenvalue weighted by atomic mass is 19.1. The lowest BCUT2D eigenvalue weighted by Crippen LogP contribution is -2.50. The van der Waals surface area contributed by atoms with E-state index < -0.39 is 11.6 Å². The van der Waals surface area contributed by atoms with Gasteiger partial charge in [-0.1, -0.05) is 6.07 Å². The summed E-state index contributed by atoms with van der Waals surface area (Å²) in [5.74, 6) is -0.494. The van der Waals surface area contributed by atoms with E-state index in [1.807, 2.05) is 24.3 Å². The minimum absolute atomic E-state index is 0.0515. The zero-order valence-corrected chi connectivity index (χ0v) is 16.5. The number of rotatable bonds is 5. The molecule has 0 aliphatic carbocycles. The van der Waals surface area contributed by atoms with Crippen molar-refractivity contribution < 1.29 is 18.3 Å². The molecule has 0 bridgehead atoms. The number of ether oxygens (including phenoxy) is 1. The van der Waals surface area contributed by atoms with Gasteiger partial charge in [-0.25, -0.2) is 9.18 Å². The third-order valence-electron chi connectivity index (χ3n) is 5.03. The molecule has 1 saturated heterocycles. The van der Waals surface area contributed by atoms with Gasteiger partial charge in [-0.3, -0.25) is 4.79 Å². The molecule has 0 N–H and O–H groups in total. The van der Waals surface area contributed by atoms with Gasteiger partial charge in [-0.05, 0) is 36.4 Å². The smallest absolute Gasteiger partial charge is 0.437 e. The van der Waals surface area contributed by atoms with Crippen molar-refractivity contribution in [2.75, 3.05) is 38.2 Å². The van der Waals surface area contributed by atoms with Gasteiger partial charge in [-0.2, -0.15) is 4.68 Å². The number of benzene rings is 2. The normalized spacial score (nSPS) is 14.1. The second-order valence-electron chi connectivity index (χ2n) is 6.91. The topological polar surface area (TPSA) is 80.8 Å². The monoisotopic (exact) mass is 412 g/mol. The predicted octanol–water partition coefficient (Wildman–Crippen LogP) is 2.00. The van der Waals surface area contributed by atoms with Crippen LogP contribution in [0.3, 0.4) is 0 Å². The molecule has 156 valence electrons. The van der Waals surface area contributed by atoms with Gasteiger partial charge in [0.1, 0.15) is 18.1 Å². The average Bonchev–Trinajstić information content (AvgIpc) is 3.14. The summed E-state index contributed by atoms with van der Waals surface area (Å²) in [6, 6.07) is 13.2. The minimum atomic E-state index is -0.724. The Morgan fingerprint density at radius 3 is 2.57 bits per heavy atom. The van der Waals surface area contributed by atoms with Gasteiger partial charge in [0.2, 0.25) is 11.8 Å². The van der Waals surface area contributed by atoms with Crippen molar-refractivity contribution in [1.29, 1.82) is 0 Å². The Morgan fingerprint density at radius 1 is 1.13 bits per heavy atom. The first kappa shape index (κ1) is 19.7. The third kappa shape index (κ3) is 4.19. The maximum absolute atomic E-state index is 13.1. The number of methoxy groups -OCH3 is 1. The zero-order chi connectivity index (χ0) is 21.1. The van der Waals surface area contributed by atoms with Gasteiger partial charge < -0.3 is 19.0 Å². The lowest BCUT2D eigenvalue weighted by Gasteiger charge is -2.36. The van der Waals surface area contributed by atoms with Crippen LogP contribution in [0, 0.1) is 5.82 Å². The number of carbonyl (C=O) groups excluding carboxylic acids is 1. The summed E-state index contributed by atoms with van der Waals surface area (Å²) in [6.07, 6.45) is 0. The number of carbonyl (C=O) groups is 1. The molecule has 3 aromatic rings. The Labute approximate surface area is 172 Å². The van der Waals surface area contributed by atoms with Crippen molar-refractivity contribution in [1.82, 2.24) is 14.7 Å². The third-order valence-corrected chi connectivity index (χ3v) is 5.03. The van der Waals surface area contributed by atoms with E-state index in [-0.39, 0.29) is 18.3 Å². The Morgan fingerprint density at radius 2 is 1.87 bits per heavy atom. The Balaban J connectivity index is 1.38. The number of amides is 1. The minimum Gasteiger partial charge on any atom is -0.497 e. The van der Waals surface area contributed by atoms with E-state index in [0.29, 0.717) is 31.7 Å². The van der Waals surface area contributed by atoms with Crippen LogP contribution in [-0.4, -0.2) is 53.9 Å². The zero-order valence-electron chi connectivity index (χ0n) is 16.5. The summed E-state index contributed by atoms with van der Waals surface area (Å²) >= 11 is 0. The van der Waals surface area contributed by atoms with E-state index in [9.17, 15) is 14.0 Å². The Bertz CT molecular complexity index is 1080. The second kappa shape index (κ2) is 8.40. The molecule has 0 spiro atoms. The first-order valence-electron chi connectivity index (χ1n) is 9.54. The molecule has 9 heteroatoms. The number of nitrogens with zero attached hydrogens (tertiary/aromatic N) is 4. The molecule has 1 aliphatic rings. The van der Waals surface area contributed by atoms with Crippen molar-refractivity contribution in [3.8, 4) is 17.2 Å². The number of anilines is 1. The molecule has 2 heterocycles. The lowest BCUT2D eigenvalue weighted by molar-refractivity contribution is -0.132. The summed E-state index contributed by atoms with van der Waals surface area (Å²) in [7, 11) is 1.63. The predicted molar refractivity (Wildman–Crippen MR) is 108 cm³/mol. The first-order chi connectivity index (χ1) is 14.5. The lowest BCUT2D eigenvalue weighted by atomic mass is 10.2. The van der Waals surface area contributed by atoms with Crippen molar-refractivity contribution >= 4 is 11.6 Å². The summed E-state index contributed by atoms with van der Waals surface area (Å²) in [4.78, 5) is 28.6. The number of hydrogen-bond acceptors (Lipinski definition) is 6. The van der Waals surface area contributed by atoms with E-state index in [1.165, 1.54) is 24.3 Å². The van der Waals surface area contributed by atoms with Crippen LogP contribution < -0.4 is 15.4 Å². The van der Waals surface area contributed by atoms with Crippen molar-refractivity contribution in [3.63, 3.8) is 0 Å². The van der Waals surface area contributed by atoms with Gasteiger partial charge in [-0.15, -0.1) is 5.10 Å². The second-order valence-corrected chi connectivity index (χ2v) is 6.91. The molecule has 1 aromatic heterocycles. The van der Waals surface area contributed by atoms with E-state index in [1.54, 1.807) is 12.0 Å². The molecule has 1 fully saturated rings. The highest BCUT2D eigenvalue weighted by Crippen LogP contribution is 2.22. The molecule has 0 radical (unpaired) electrons. The van der Waals surface area contributed by atoms with Crippen LogP contribution in [0.4, 0.5) is 10.1 Å².